The summed E-state index contributed by atoms with van der Waals surface area (Å²) < 4.78 is 15.0. The fourth-order valence-corrected chi connectivity index (χ4v) is 3.00. The normalized spacial score (nSPS) is 15.8. The van der Waals surface area contributed by atoms with Gasteiger partial charge < -0.3 is 19.1 Å². The van der Waals surface area contributed by atoms with E-state index in [-0.39, 0.29) is 18.9 Å². The summed E-state index contributed by atoms with van der Waals surface area (Å²) >= 11 is 0. The Kier molecular flexibility index (Phi) is 7.46. The van der Waals surface area contributed by atoms with Crippen LogP contribution in [0.5, 0.6) is 0 Å². The quantitative estimate of drug-likeness (QED) is 0.495. The van der Waals surface area contributed by atoms with Crippen molar-refractivity contribution >= 4 is 17.8 Å². The molecular formula is C19H23N3O6. The molecule has 1 unspecified atom stereocenters. The predicted octanol–water partition coefficient (Wildman–Crippen LogP) is 0.733. The molecule has 2 rings (SSSR count). The molecule has 2 heterocycles. The van der Waals surface area contributed by atoms with Crippen molar-refractivity contribution in [1.82, 2.24) is 9.88 Å². The summed E-state index contributed by atoms with van der Waals surface area (Å²) in [5.74, 6) is -1.92. The molecule has 0 aliphatic carbocycles. The maximum atomic E-state index is 12.7. The minimum absolute atomic E-state index is 0.0476. The number of carbonyl (C=O) groups is 3. The molecular weight excluding hydrogens is 366 g/mol. The summed E-state index contributed by atoms with van der Waals surface area (Å²) in [6.45, 7) is 3.57. The third kappa shape index (κ3) is 4.64. The van der Waals surface area contributed by atoms with E-state index in [2.05, 4.69) is 4.98 Å². The molecule has 150 valence electrons. The van der Waals surface area contributed by atoms with E-state index in [9.17, 15) is 19.6 Å². The lowest BCUT2D eigenvalue weighted by Gasteiger charge is -2.27. The van der Waals surface area contributed by atoms with Crippen molar-refractivity contribution in [3.8, 4) is 6.07 Å². The molecule has 0 bridgehead atoms. The van der Waals surface area contributed by atoms with Crippen LogP contribution in [-0.2, 0) is 30.2 Å². The van der Waals surface area contributed by atoms with Gasteiger partial charge in [0.05, 0.1) is 39.4 Å². The molecule has 1 saturated heterocycles. The molecule has 0 N–H and O–H groups in total. The van der Waals surface area contributed by atoms with E-state index in [0.29, 0.717) is 37.6 Å². The number of aromatic nitrogens is 1. The zero-order chi connectivity index (χ0) is 20.6. The Labute approximate surface area is 163 Å². The molecule has 0 spiro atoms. The first-order chi connectivity index (χ1) is 13.5. The lowest BCUT2D eigenvalue weighted by atomic mass is 9.80. The van der Waals surface area contributed by atoms with Crippen molar-refractivity contribution in [3.05, 3.63) is 29.6 Å². The van der Waals surface area contributed by atoms with Crippen LogP contribution in [0, 0.1) is 16.7 Å². The first-order valence-corrected chi connectivity index (χ1v) is 8.93. The number of nitrogens with zero attached hydrogens (tertiary/aromatic N) is 3. The summed E-state index contributed by atoms with van der Waals surface area (Å²) in [4.78, 5) is 43.5. The molecule has 0 aromatic carbocycles. The number of methoxy groups -OCH3 is 1. The van der Waals surface area contributed by atoms with E-state index in [1.165, 1.54) is 12.3 Å². The third-order valence-corrected chi connectivity index (χ3v) is 4.47. The smallest absolute Gasteiger partial charge is 0.324 e. The number of pyridine rings is 1. The van der Waals surface area contributed by atoms with Crippen molar-refractivity contribution in [2.75, 3.05) is 40.0 Å². The Morgan fingerprint density at radius 3 is 2.64 bits per heavy atom. The minimum Gasteiger partial charge on any atom is -0.468 e. The highest BCUT2D eigenvalue weighted by Gasteiger charge is 2.49. The van der Waals surface area contributed by atoms with E-state index in [4.69, 9.17) is 14.2 Å². The molecule has 0 saturated carbocycles. The molecule has 28 heavy (non-hydrogen) atoms. The van der Waals surface area contributed by atoms with Crippen LogP contribution in [0.4, 0.5) is 0 Å². The second-order valence-corrected chi connectivity index (χ2v) is 6.25. The van der Waals surface area contributed by atoms with Gasteiger partial charge in [0.15, 0.2) is 5.41 Å². The Morgan fingerprint density at radius 1 is 1.32 bits per heavy atom. The van der Waals surface area contributed by atoms with Crippen molar-refractivity contribution in [2.24, 2.45) is 5.41 Å². The van der Waals surface area contributed by atoms with Crippen LogP contribution < -0.4 is 0 Å². The first-order valence-electron chi connectivity index (χ1n) is 8.93. The molecule has 1 aromatic rings. The van der Waals surface area contributed by atoms with Crippen LogP contribution >= 0.6 is 0 Å². The van der Waals surface area contributed by atoms with Crippen LogP contribution in [0.2, 0.25) is 0 Å². The van der Waals surface area contributed by atoms with Gasteiger partial charge in [-0.3, -0.25) is 19.4 Å². The van der Waals surface area contributed by atoms with E-state index < -0.39 is 23.8 Å². The largest absolute Gasteiger partial charge is 0.468 e. The SMILES string of the molecule is CCOC(=O)C(CC#N)(Cc1cc(C(=O)N2CCOCC2)ccn1)C(=O)OC. The van der Waals surface area contributed by atoms with Crippen LogP contribution in [0.1, 0.15) is 29.4 Å². The molecule has 1 fully saturated rings. The summed E-state index contributed by atoms with van der Waals surface area (Å²) in [7, 11) is 1.14. The number of esters is 2. The van der Waals surface area contributed by atoms with E-state index in [1.807, 2.05) is 6.07 Å². The Morgan fingerprint density at radius 2 is 2.04 bits per heavy atom. The highest BCUT2D eigenvalue weighted by atomic mass is 16.6. The minimum atomic E-state index is -1.84. The van der Waals surface area contributed by atoms with Crippen LogP contribution in [-0.4, -0.2) is 67.7 Å². The van der Waals surface area contributed by atoms with Gasteiger partial charge in [0.1, 0.15) is 0 Å². The molecule has 1 aromatic heterocycles. The second-order valence-electron chi connectivity index (χ2n) is 6.25. The van der Waals surface area contributed by atoms with Crippen LogP contribution in [0.15, 0.2) is 18.3 Å². The van der Waals surface area contributed by atoms with Crippen molar-refractivity contribution in [2.45, 2.75) is 19.8 Å². The highest BCUT2D eigenvalue weighted by molar-refractivity contribution is 6.00. The fourth-order valence-electron chi connectivity index (χ4n) is 3.00. The number of amides is 1. The van der Waals surface area contributed by atoms with Crippen LogP contribution in [0.3, 0.4) is 0 Å². The van der Waals surface area contributed by atoms with E-state index >= 15 is 0 Å². The number of morpholine rings is 1. The topological polar surface area (TPSA) is 119 Å². The lowest BCUT2D eigenvalue weighted by molar-refractivity contribution is -0.170. The van der Waals surface area contributed by atoms with Gasteiger partial charge >= 0.3 is 11.9 Å². The average Bonchev–Trinajstić information content (AvgIpc) is 2.73. The van der Waals surface area contributed by atoms with Gasteiger partial charge in [0, 0.05) is 37.0 Å². The second kappa shape index (κ2) is 9.80. The third-order valence-electron chi connectivity index (χ3n) is 4.47. The number of nitriles is 1. The Bertz CT molecular complexity index is 769. The van der Waals surface area contributed by atoms with Gasteiger partial charge in [0.25, 0.3) is 5.91 Å². The number of hydrogen-bond donors (Lipinski definition) is 0. The van der Waals surface area contributed by atoms with Crippen molar-refractivity contribution in [1.29, 1.82) is 5.26 Å². The predicted molar refractivity (Wildman–Crippen MR) is 96.0 cm³/mol. The maximum Gasteiger partial charge on any atom is 0.324 e. The Balaban J connectivity index is 2.33. The number of rotatable bonds is 7. The summed E-state index contributed by atoms with van der Waals surface area (Å²) in [6.07, 6.45) is 0.792. The molecule has 1 aliphatic rings. The standard InChI is InChI=1S/C19H23N3O6/c1-3-28-18(25)19(5-6-20,17(24)26-2)13-15-12-14(4-7-21-15)16(23)22-8-10-27-11-9-22/h4,7,12H,3,5,8-11,13H2,1-2H3. The maximum absolute atomic E-state index is 12.7. The summed E-state index contributed by atoms with van der Waals surface area (Å²) in [6, 6.07) is 4.94. The van der Waals surface area contributed by atoms with E-state index in [1.54, 1.807) is 17.9 Å². The summed E-state index contributed by atoms with van der Waals surface area (Å²) in [5.41, 5.74) is -1.15. The zero-order valence-electron chi connectivity index (χ0n) is 16.0. The number of carbonyl (C=O) groups excluding carboxylic acids is 3. The van der Waals surface area contributed by atoms with Gasteiger partial charge in [-0.25, -0.2) is 0 Å². The summed E-state index contributed by atoms with van der Waals surface area (Å²) in [5, 5.41) is 9.20. The van der Waals surface area contributed by atoms with Crippen molar-refractivity contribution < 1.29 is 28.6 Å². The molecule has 9 nitrogen and oxygen atoms in total. The molecule has 0 radical (unpaired) electrons. The monoisotopic (exact) mass is 389 g/mol. The first kappa shape index (κ1) is 21.3. The van der Waals surface area contributed by atoms with Gasteiger partial charge in [0.2, 0.25) is 0 Å². The average molecular weight is 389 g/mol. The highest BCUT2D eigenvalue weighted by Crippen LogP contribution is 2.30. The van der Waals surface area contributed by atoms with Crippen LogP contribution in [0.25, 0.3) is 0 Å². The van der Waals surface area contributed by atoms with Gasteiger partial charge in [-0.15, -0.1) is 0 Å². The molecule has 1 amide bonds. The van der Waals surface area contributed by atoms with E-state index in [0.717, 1.165) is 7.11 Å². The molecule has 1 atom stereocenters. The van der Waals surface area contributed by atoms with Gasteiger partial charge in [-0.05, 0) is 19.1 Å². The van der Waals surface area contributed by atoms with Gasteiger partial charge in [-0.2, -0.15) is 5.26 Å². The fraction of sp³-hybridized carbons (Fsp3) is 0.526. The number of hydrogen-bond acceptors (Lipinski definition) is 8. The molecule has 1 aliphatic heterocycles. The Hall–Kier alpha value is -2.99. The van der Waals surface area contributed by atoms with Gasteiger partial charge in [-0.1, -0.05) is 0 Å². The van der Waals surface area contributed by atoms with Crippen molar-refractivity contribution in [3.63, 3.8) is 0 Å². The molecule has 9 heteroatoms. The lowest BCUT2D eigenvalue weighted by Crippen LogP contribution is -2.43. The number of ether oxygens (including phenoxy) is 3. The zero-order valence-corrected chi connectivity index (χ0v) is 16.0.